The lowest BCUT2D eigenvalue weighted by molar-refractivity contribution is 0.181. The Morgan fingerprint density at radius 2 is 1.52 bits per heavy atom. The molecule has 0 bridgehead atoms. The maximum Gasteiger partial charge on any atom is 0.218 e. The van der Waals surface area contributed by atoms with Gasteiger partial charge in [-0.1, -0.05) is 59.7 Å². The first kappa shape index (κ1) is 18.1. The first-order valence-corrected chi connectivity index (χ1v) is 10.3. The number of hydrogen-bond donors (Lipinski definition) is 0. The molecule has 0 aliphatic carbocycles. The maximum atomic E-state index is 12.7. The van der Waals surface area contributed by atoms with Gasteiger partial charge in [0, 0.05) is 32.7 Å². The van der Waals surface area contributed by atoms with E-state index in [0.717, 1.165) is 30.8 Å². The molecule has 1 aliphatic rings. The molecule has 0 aromatic heterocycles. The quantitative estimate of drug-likeness (QED) is 0.825. The molecule has 1 fully saturated rings. The van der Waals surface area contributed by atoms with Gasteiger partial charge in [0.05, 0.1) is 5.75 Å². The standard InChI is InChI=1S/C20H26N2O2S/c1-17-6-8-19(9-7-17)16-25(23,24)22-12-10-21(11-13-22)15-20-5-3-4-18(2)14-20/h3-9,14H,10-13,15-16H2,1-2H3. The van der Waals surface area contributed by atoms with Crippen LogP contribution in [0, 0.1) is 13.8 Å². The highest BCUT2D eigenvalue weighted by Crippen LogP contribution is 2.16. The SMILES string of the molecule is Cc1ccc(CS(=O)(=O)N2CCN(Cc3cccc(C)c3)CC2)cc1. The third-order valence-electron chi connectivity index (χ3n) is 4.68. The summed E-state index contributed by atoms with van der Waals surface area (Å²) < 4.78 is 27.0. The summed E-state index contributed by atoms with van der Waals surface area (Å²) >= 11 is 0. The molecule has 0 radical (unpaired) electrons. The van der Waals surface area contributed by atoms with Gasteiger partial charge in [-0.15, -0.1) is 0 Å². The van der Waals surface area contributed by atoms with Crippen LogP contribution in [0.15, 0.2) is 48.5 Å². The zero-order chi connectivity index (χ0) is 17.9. The first-order chi connectivity index (χ1) is 11.9. The second-order valence-electron chi connectivity index (χ2n) is 6.91. The Labute approximate surface area is 151 Å². The molecule has 4 nitrogen and oxygen atoms in total. The molecule has 5 heteroatoms. The predicted octanol–water partition coefficient (Wildman–Crippen LogP) is 2.95. The van der Waals surface area contributed by atoms with Gasteiger partial charge < -0.3 is 0 Å². The fourth-order valence-corrected chi connectivity index (χ4v) is 4.74. The van der Waals surface area contributed by atoms with Crippen LogP contribution in [-0.4, -0.2) is 43.8 Å². The Hall–Kier alpha value is -1.69. The molecule has 25 heavy (non-hydrogen) atoms. The third kappa shape index (κ3) is 4.91. The smallest absolute Gasteiger partial charge is 0.218 e. The van der Waals surface area contributed by atoms with E-state index in [0.29, 0.717) is 13.1 Å². The molecule has 0 unspecified atom stereocenters. The number of sulfonamides is 1. The summed E-state index contributed by atoms with van der Waals surface area (Å²) in [5.41, 5.74) is 4.55. The van der Waals surface area contributed by atoms with Crippen molar-refractivity contribution in [2.45, 2.75) is 26.1 Å². The molecule has 0 saturated carbocycles. The number of aryl methyl sites for hydroxylation is 2. The van der Waals surface area contributed by atoms with E-state index in [1.165, 1.54) is 11.1 Å². The normalized spacial score (nSPS) is 16.9. The zero-order valence-electron chi connectivity index (χ0n) is 15.0. The summed E-state index contributed by atoms with van der Waals surface area (Å²) in [6.07, 6.45) is 0. The molecule has 1 heterocycles. The molecule has 3 rings (SSSR count). The monoisotopic (exact) mass is 358 g/mol. The van der Waals surface area contributed by atoms with E-state index in [4.69, 9.17) is 0 Å². The van der Waals surface area contributed by atoms with Crippen molar-refractivity contribution in [2.24, 2.45) is 0 Å². The van der Waals surface area contributed by atoms with Gasteiger partial charge >= 0.3 is 0 Å². The Kier molecular flexibility index (Phi) is 5.57. The molecule has 2 aromatic carbocycles. The van der Waals surface area contributed by atoms with Gasteiger partial charge in [-0.2, -0.15) is 4.31 Å². The Balaban J connectivity index is 1.56. The number of benzene rings is 2. The van der Waals surface area contributed by atoms with Crippen LogP contribution in [0.25, 0.3) is 0 Å². The van der Waals surface area contributed by atoms with Crippen molar-refractivity contribution in [1.82, 2.24) is 9.21 Å². The van der Waals surface area contributed by atoms with Gasteiger partial charge in [-0.25, -0.2) is 8.42 Å². The fourth-order valence-electron chi connectivity index (χ4n) is 3.22. The van der Waals surface area contributed by atoms with E-state index in [1.54, 1.807) is 4.31 Å². The molecule has 134 valence electrons. The van der Waals surface area contributed by atoms with Crippen molar-refractivity contribution in [3.63, 3.8) is 0 Å². The van der Waals surface area contributed by atoms with Crippen LogP contribution in [0.1, 0.15) is 22.3 Å². The number of rotatable bonds is 5. The minimum absolute atomic E-state index is 0.0885. The van der Waals surface area contributed by atoms with Crippen LogP contribution in [0.5, 0.6) is 0 Å². The summed E-state index contributed by atoms with van der Waals surface area (Å²) in [7, 11) is -3.25. The van der Waals surface area contributed by atoms with Crippen molar-refractivity contribution < 1.29 is 8.42 Å². The number of piperazine rings is 1. The molecule has 0 spiro atoms. The zero-order valence-corrected chi connectivity index (χ0v) is 15.8. The van der Waals surface area contributed by atoms with Crippen LogP contribution in [-0.2, 0) is 22.3 Å². The second kappa shape index (κ2) is 7.68. The van der Waals surface area contributed by atoms with Gasteiger partial charge in [0.25, 0.3) is 0 Å². The summed E-state index contributed by atoms with van der Waals surface area (Å²) in [5, 5.41) is 0. The minimum Gasteiger partial charge on any atom is -0.296 e. The van der Waals surface area contributed by atoms with Crippen molar-refractivity contribution in [3.8, 4) is 0 Å². The Bertz CT molecular complexity index is 808. The Morgan fingerprint density at radius 3 is 2.16 bits per heavy atom. The predicted molar refractivity (Wildman–Crippen MR) is 102 cm³/mol. The lowest BCUT2D eigenvalue weighted by Gasteiger charge is -2.34. The summed E-state index contributed by atoms with van der Waals surface area (Å²) in [5.74, 6) is 0.0885. The van der Waals surface area contributed by atoms with E-state index in [1.807, 2.05) is 31.2 Å². The van der Waals surface area contributed by atoms with Gasteiger partial charge in [-0.3, -0.25) is 4.90 Å². The third-order valence-corrected chi connectivity index (χ3v) is 6.53. The van der Waals surface area contributed by atoms with E-state index in [9.17, 15) is 8.42 Å². The van der Waals surface area contributed by atoms with Crippen molar-refractivity contribution >= 4 is 10.0 Å². The average Bonchev–Trinajstić information content (AvgIpc) is 2.57. The molecular formula is C20H26N2O2S. The maximum absolute atomic E-state index is 12.7. The summed E-state index contributed by atoms with van der Waals surface area (Å²) in [6, 6.07) is 16.2. The molecular weight excluding hydrogens is 332 g/mol. The van der Waals surface area contributed by atoms with E-state index in [-0.39, 0.29) is 5.75 Å². The van der Waals surface area contributed by atoms with Crippen molar-refractivity contribution in [1.29, 1.82) is 0 Å². The highest BCUT2D eigenvalue weighted by atomic mass is 32.2. The summed E-state index contributed by atoms with van der Waals surface area (Å²) in [6.45, 7) is 7.68. The molecule has 2 aromatic rings. The van der Waals surface area contributed by atoms with Crippen LogP contribution < -0.4 is 0 Å². The summed E-state index contributed by atoms with van der Waals surface area (Å²) in [4.78, 5) is 2.33. The topological polar surface area (TPSA) is 40.6 Å². The molecule has 0 amide bonds. The Morgan fingerprint density at radius 1 is 0.840 bits per heavy atom. The van der Waals surface area contributed by atoms with Crippen molar-refractivity contribution in [2.75, 3.05) is 26.2 Å². The fraction of sp³-hybridized carbons (Fsp3) is 0.400. The second-order valence-corrected chi connectivity index (χ2v) is 8.87. The average molecular weight is 359 g/mol. The highest BCUT2D eigenvalue weighted by Gasteiger charge is 2.27. The van der Waals surface area contributed by atoms with Gasteiger partial charge in [-0.05, 0) is 25.0 Å². The highest BCUT2D eigenvalue weighted by molar-refractivity contribution is 7.88. The minimum atomic E-state index is -3.25. The van der Waals surface area contributed by atoms with Crippen LogP contribution in [0.2, 0.25) is 0 Å². The number of nitrogens with zero attached hydrogens (tertiary/aromatic N) is 2. The molecule has 0 atom stereocenters. The number of hydrogen-bond acceptors (Lipinski definition) is 3. The van der Waals surface area contributed by atoms with Crippen LogP contribution in [0.4, 0.5) is 0 Å². The lowest BCUT2D eigenvalue weighted by atomic mass is 10.1. The lowest BCUT2D eigenvalue weighted by Crippen LogP contribution is -2.48. The van der Waals surface area contributed by atoms with Gasteiger partial charge in [0.1, 0.15) is 0 Å². The van der Waals surface area contributed by atoms with Crippen LogP contribution >= 0.6 is 0 Å². The molecule has 1 aliphatic heterocycles. The first-order valence-electron chi connectivity index (χ1n) is 8.74. The van der Waals surface area contributed by atoms with Gasteiger partial charge in [0.15, 0.2) is 0 Å². The largest absolute Gasteiger partial charge is 0.296 e. The van der Waals surface area contributed by atoms with Crippen LogP contribution in [0.3, 0.4) is 0 Å². The van der Waals surface area contributed by atoms with E-state index < -0.39 is 10.0 Å². The van der Waals surface area contributed by atoms with E-state index >= 15 is 0 Å². The van der Waals surface area contributed by atoms with Crippen molar-refractivity contribution in [3.05, 3.63) is 70.8 Å². The molecule has 0 N–H and O–H groups in total. The van der Waals surface area contributed by atoms with Gasteiger partial charge in [0.2, 0.25) is 10.0 Å². The molecule has 1 saturated heterocycles. The van der Waals surface area contributed by atoms with E-state index in [2.05, 4.69) is 36.1 Å².